The van der Waals surface area contributed by atoms with Gasteiger partial charge in [-0.1, -0.05) is 50.2 Å². The molecule has 2 aromatic carbocycles. The lowest BCUT2D eigenvalue weighted by Crippen LogP contribution is -2.51. The number of nitrogens with one attached hydrogen (secondary N) is 1. The SMILES string of the molecule is CC(C)CN(C[C@@H](O)[C@H](Cc1ccccc1)NC(=O)CCS(=O)(=O)c1ccccn1)S(=O)(=O)c1ccc2c(c1)OCO2. The topological polar surface area (TPSA) is 152 Å². The highest BCUT2D eigenvalue weighted by atomic mass is 32.2. The van der Waals surface area contributed by atoms with Gasteiger partial charge in [0.15, 0.2) is 26.4 Å². The van der Waals surface area contributed by atoms with Gasteiger partial charge in [-0.25, -0.2) is 21.8 Å². The Bertz CT molecular complexity index is 1570. The molecule has 2 atom stereocenters. The van der Waals surface area contributed by atoms with E-state index in [9.17, 15) is 26.7 Å². The van der Waals surface area contributed by atoms with E-state index in [1.165, 1.54) is 34.8 Å². The third kappa shape index (κ3) is 8.06. The Morgan fingerprint density at radius 3 is 2.38 bits per heavy atom. The number of sulfonamides is 1. The molecular formula is C29H35N3O8S2. The van der Waals surface area contributed by atoms with Crippen molar-refractivity contribution in [2.75, 3.05) is 25.6 Å². The van der Waals surface area contributed by atoms with E-state index in [4.69, 9.17) is 9.47 Å². The Labute approximate surface area is 246 Å². The summed E-state index contributed by atoms with van der Waals surface area (Å²) in [4.78, 5) is 16.8. The molecule has 11 nitrogen and oxygen atoms in total. The molecule has 42 heavy (non-hydrogen) atoms. The van der Waals surface area contributed by atoms with Crippen LogP contribution in [0.1, 0.15) is 25.8 Å². The fourth-order valence-electron chi connectivity index (χ4n) is 4.49. The van der Waals surface area contributed by atoms with Crippen molar-refractivity contribution >= 4 is 25.8 Å². The Morgan fingerprint density at radius 2 is 1.69 bits per heavy atom. The van der Waals surface area contributed by atoms with E-state index in [1.54, 1.807) is 12.1 Å². The number of ether oxygens (including phenoxy) is 2. The number of rotatable bonds is 14. The molecule has 1 aliphatic heterocycles. The third-order valence-electron chi connectivity index (χ3n) is 6.60. The maximum atomic E-state index is 13.7. The molecule has 0 saturated heterocycles. The average molecular weight is 618 g/mol. The summed E-state index contributed by atoms with van der Waals surface area (Å²) >= 11 is 0. The molecule has 0 unspecified atom stereocenters. The van der Waals surface area contributed by atoms with Crippen LogP contribution in [0.25, 0.3) is 0 Å². The number of nitrogens with zero attached hydrogens (tertiary/aromatic N) is 2. The normalized spacial score (nSPS) is 14.6. The van der Waals surface area contributed by atoms with Crippen LogP contribution in [0.5, 0.6) is 11.5 Å². The zero-order valence-corrected chi connectivity index (χ0v) is 25.1. The van der Waals surface area contributed by atoms with Crippen LogP contribution < -0.4 is 14.8 Å². The largest absolute Gasteiger partial charge is 0.454 e. The summed E-state index contributed by atoms with van der Waals surface area (Å²) in [6.07, 6.45) is -0.119. The van der Waals surface area contributed by atoms with Gasteiger partial charge in [-0.05, 0) is 42.2 Å². The van der Waals surface area contributed by atoms with Crippen LogP contribution in [0.3, 0.4) is 0 Å². The number of benzene rings is 2. The van der Waals surface area contributed by atoms with E-state index < -0.39 is 43.7 Å². The molecule has 0 fully saturated rings. The first-order valence-electron chi connectivity index (χ1n) is 13.5. The number of amides is 1. The lowest BCUT2D eigenvalue weighted by Gasteiger charge is -2.31. The minimum atomic E-state index is -4.07. The van der Waals surface area contributed by atoms with Crippen LogP contribution >= 0.6 is 0 Å². The summed E-state index contributed by atoms with van der Waals surface area (Å²) in [5, 5.41) is 14.0. The summed E-state index contributed by atoms with van der Waals surface area (Å²) in [6.45, 7) is 3.53. The zero-order valence-electron chi connectivity index (χ0n) is 23.4. The van der Waals surface area contributed by atoms with Crippen molar-refractivity contribution in [2.24, 2.45) is 5.92 Å². The van der Waals surface area contributed by atoms with Gasteiger partial charge in [0.1, 0.15) is 0 Å². The van der Waals surface area contributed by atoms with Gasteiger partial charge in [0, 0.05) is 31.8 Å². The van der Waals surface area contributed by atoms with Crippen LogP contribution in [0, 0.1) is 5.92 Å². The Kier molecular flexibility index (Phi) is 10.2. The van der Waals surface area contributed by atoms with E-state index in [-0.39, 0.29) is 48.6 Å². The van der Waals surface area contributed by atoms with Crippen molar-refractivity contribution in [1.29, 1.82) is 0 Å². The lowest BCUT2D eigenvalue weighted by atomic mass is 10.0. The van der Waals surface area contributed by atoms with Crippen LogP contribution in [0.2, 0.25) is 0 Å². The molecule has 2 heterocycles. The number of sulfone groups is 1. The molecule has 13 heteroatoms. The maximum absolute atomic E-state index is 13.7. The van der Waals surface area contributed by atoms with E-state index in [1.807, 2.05) is 44.2 Å². The number of hydrogen-bond acceptors (Lipinski definition) is 9. The van der Waals surface area contributed by atoms with Crippen LogP contribution in [0.4, 0.5) is 0 Å². The number of aromatic nitrogens is 1. The highest BCUT2D eigenvalue weighted by molar-refractivity contribution is 7.91. The fourth-order valence-corrected chi connectivity index (χ4v) is 7.30. The number of aliphatic hydroxyl groups excluding tert-OH is 1. The molecule has 0 bridgehead atoms. The Hall–Kier alpha value is -3.52. The summed E-state index contributed by atoms with van der Waals surface area (Å²) in [6, 6.07) is 17.1. The first-order valence-corrected chi connectivity index (χ1v) is 16.6. The molecule has 0 saturated carbocycles. The Morgan fingerprint density at radius 1 is 0.976 bits per heavy atom. The number of aliphatic hydroxyl groups is 1. The van der Waals surface area contributed by atoms with Crippen molar-refractivity contribution in [1.82, 2.24) is 14.6 Å². The predicted octanol–water partition coefficient (Wildman–Crippen LogP) is 2.41. The van der Waals surface area contributed by atoms with E-state index in [2.05, 4.69) is 10.3 Å². The smallest absolute Gasteiger partial charge is 0.243 e. The Balaban J connectivity index is 1.52. The first kappa shape index (κ1) is 31.4. The van der Waals surface area contributed by atoms with Crippen LogP contribution in [0.15, 0.2) is 82.8 Å². The minimum absolute atomic E-state index is 0.00270. The predicted molar refractivity (Wildman–Crippen MR) is 155 cm³/mol. The van der Waals surface area contributed by atoms with Crippen molar-refractivity contribution < 1.29 is 36.2 Å². The molecule has 1 aromatic heterocycles. The van der Waals surface area contributed by atoms with E-state index >= 15 is 0 Å². The number of hydrogen-bond donors (Lipinski definition) is 2. The van der Waals surface area contributed by atoms with Crippen LogP contribution in [-0.2, 0) is 31.1 Å². The number of pyridine rings is 1. The number of carbonyl (C=O) groups is 1. The van der Waals surface area contributed by atoms with Crippen molar-refractivity contribution in [3.8, 4) is 11.5 Å². The highest BCUT2D eigenvalue weighted by Crippen LogP contribution is 2.35. The molecule has 1 aliphatic rings. The first-order chi connectivity index (χ1) is 20.0. The summed E-state index contributed by atoms with van der Waals surface area (Å²) in [7, 11) is -7.87. The molecule has 3 aromatic rings. The van der Waals surface area contributed by atoms with Crippen LogP contribution in [-0.4, -0.2) is 74.9 Å². The van der Waals surface area contributed by atoms with E-state index in [0.717, 1.165) is 5.56 Å². The van der Waals surface area contributed by atoms with Gasteiger partial charge in [-0.2, -0.15) is 4.31 Å². The molecule has 0 aliphatic carbocycles. The second-order valence-corrected chi connectivity index (χ2v) is 14.4. The van der Waals surface area contributed by atoms with Gasteiger partial charge >= 0.3 is 0 Å². The molecule has 0 spiro atoms. The maximum Gasteiger partial charge on any atom is 0.243 e. The molecule has 1 amide bonds. The second-order valence-electron chi connectivity index (χ2n) is 10.4. The number of fused-ring (bicyclic) bond motifs is 1. The minimum Gasteiger partial charge on any atom is -0.454 e. The lowest BCUT2D eigenvalue weighted by molar-refractivity contribution is -0.122. The second kappa shape index (κ2) is 13.6. The zero-order chi connectivity index (χ0) is 30.3. The van der Waals surface area contributed by atoms with Gasteiger partial charge in [0.05, 0.1) is 22.8 Å². The van der Waals surface area contributed by atoms with Crippen molar-refractivity contribution in [3.63, 3.8) is 0 Å². The molecule has 226 valence electrons. The summed E-state index contributed by atoms with van der Waals surface area (Å²) in [5.41, 5.74) is 0.803. The van der Waals surface area contributed by atoms with Gasteiger partial charge in [-0.15, -0.1) is 0 Å². The standard InChI is InChI=1S/C29H35N3O8S2/c1-21(2)18-32(42(37,38)23-11-12-26-27(17-23)40-20-39-26)19-25(33)24(16-22-8-4-3-5-9-22)31-28(34)13-15-41(35,36)29-10-6-7-14-30-29/h3-12,14,17,21,24-25,33H,13,15-16,18-20H2,1-2H3,(H,31,34)/t24-,25+/m0/s1. The average Bonchev–Trinajstić information content (AvgIpc) is 3.44. The molecule has 2 N–H and O–H groups in total. The third-order valence-corrected chi connectivity index (χ3v) is 10.1. The molecule has 0 radical (unpaired) electrons. The summed E-state index contributed by atoms with van der Waals surface area (Å²) in [5.74, 6) is -0.373. The highest BCUT2D eigenvalue weighted by Gasteiger charge is 2.32. The monoisotopic (exact) mass is 617 g/mol. The molecular weight excluding hydrogens is 582 g/mol. The van der Waals surface area contributed by atoms with Crippen molar-refractivity contribution in [3.05, 3.63) is 78.5 Å². The molecule has 4 rings (SSSR count). The van der Waals surface area contributed by atoms with Crippen molar-refractivity contribution in [2.45, 2.75) is 48.8 Å². The quantitative estimate of drug-likeness (QED) is 0.278. The summed E-state index contributed by atoms with van der Waals surface area (Å²) < 4.78 is 64.5. The van der Waals surface area contributed by atoms with Gasteiger partial charge in [0.25, 0.3) is 0 Å². The van der Waals surface area contributed by atoms with E-state index in [0.29, 0.717) is 11.5 Å². The fraction of sp³-hybridized carbons (Fsp3) is 0.379. The van der Waals surface area contributed by atoms with Gasteiger partial charge in [0.2, 0.25) is 22.7 Å². The van der Waals surface area contributed by atoms with Gasteiger partial charge < -0.3 is 19.9 Å². The van der Waals surface area contributed by atoms with Gasteiger partial charge in [-0.3, -0.25) is 4.79 Å². The number of carbonyl (C=O) groups excluding carboxylic acids is 1.